The lowest BCUT2D eigenvalue weighted by Gasteiger charge is -2.30. The predicted octanol–water partition coefficient (Wildman–Crippen LogP) is 6.27. The zero-order valence-electron chi connectivity index (χ0n) is 17.0. The van der Waals surface area contributed by atoms with Crippen molar-refractivity contribution in [3.8, 4) is 17.9 Å². The highest BCUT2D eigenvalue weighted by Gasteiger charge is 2.31. The molecule has 25 heavy (non-hydrogen) atoms. The van der Waals surface area contributed by atoms with E-state index in [0.717, 1.165) is 5.56 Å². The molecule has 0 atom stereocenters. The van der Waals surface area contributed by atoms with Crippen LogP contribution in [0.1, 0.15) is 79.0 Å². The van der Waals surface area contributed by atoms with Crippen LogP contribution in [0.5, 0.6) is 5.75 Å². The average molecular weight is 337 g/mol. The Hall–Kier alpha value is -2.26. The summed E-state index contributed by atoms with van der Waals surface area (Å²) >= 11 is 0. The van der Waals surface area contributed by atoms with Crippen molar-refractivity contribution in [2.24, 2.45) is 5.41 Å². The summed E-state index contributed by atoms with van der Waals surface area (Å²) in [4.78, 5) is 0. The number of hydrogen-bond acceptors (Lipinski definition) is 2. The van der Waals surface area contributed by atoms with Gasteiger partial charge in [0.15, 0.2) is 5.75 Å². The fourth-order valence-corrected chi connectivity index (χ4v) is 2.98. The molecule has 1 rings (SSSR count). The molecule has 0 unspecified atom stereocenters. The van der Waals surface area contributed by atoms with Gasteiger partial charge in [-0.3, -0.25) is 5.11 Å². The average Bonchev–Trinajstić information content (AvgIpc) is 2.41. The first-order valence-corrected chi connectivity index (χ1v) is 8.56. The maximum Gasteiger partial charge on any atom is 0.186 e. The van der Waals surface area contributed by atoms with Crippen molar-refractivity contribution in [1.82, 2.24) is 0 Å². The van der Waals surface area contributed by atoms with Gasteiger partial charge in [0.1, 0.15) is 17.7 Å². The Kier molecular flexibility index (Phi) is 5.46. The standard InChI is InChI=1S/C22H29N2O/c1-20(2,3)16-10-14(11-17(19(16)25)21(4,5)6)18(22(7,8)9)15(12-23)13-24/h10-11H,1-9H3. The third-order valence-electron chi connectivity index (χ3n) is 4.22. The van der Waals surface area contributed by atoms with Crippen molar-refractivity contribution in [3.63, 3.8) is 0 Å². The largest absolute Gasteiger partial charge is 0.289 e. The van der Waals surface area contributed by atoms with E-state index in [2.05, 4.69) is 0 Å². The van der Waals surface area contributed by atoms with Crippen LogP contribution in [0.2, 0.25) is 0 Å². The molecule has 0 spiro atoms. The van der Waals surface area contributed by atoms with Crippen molar-refractivity contribution in [1.29, 1.82) is 10.5 Å². The lowest BCUT2D eigenvalue weighted by atomic mass is 9.73. The second kappa shape index (κ2) is 6.57. The first-order valence-electron chi connectivity index (χ1n) is 8.56. The van der Waals surface area contributed by atoms with Crippen LogP contribution in [0, 0.1) is 28.1 Å². The monoisotopic (exact) mass is 337 g/mol. The molecule has 0 aliphatic rings. The van der Waals surface area contributed by atoms with Crippen LogP contribution < -0.4 is 0 Å². The molecule has 0 saturated carbocycles. The van der Waals surface area contributed by atoms with E-state index in [1.165, 1.54) is 0 Å². The topological polar surface area (TPSA) is 67.5 Å². The number of nitriles is 2. The lowest BCUT2D eigenvalue weighted by molar-refractivity contribution is 0.327. The minimum atomic E-state index is -0.393. The van der Waals surface area contributed by atoms with Gasteiger partial charge in [-0.05, 0) is 39.5 Å². The Labute approximate surface area is 152 Å². The van der Waals surface area contributed by atoms with Gasteiger partial charge in [0.25, 0.3) is 0 Å². The second-order valence-corrected chi connectivity index (χ2v) is 9.62. The van der Waals surface area contributed by atoms with Crippen LogP contribution in [0.25, 0.3) is 5.57 Å². The van der Waals surface area contributed by atoms with E-state index in [1.807, 2.05) is 86.6 Å². The second-order valence-electron chi connectivity index (χ2n) is 9.62. The molecule has 1 aromatic rings. The minimum absolute atomic E-state index is 0.0486. The third-order valence-corrected chi connectivity index (χ3v) is 4.22. The van der Waals surface area contributed by atoms with Gasteiger partial charge in [-0.1, -0.05) is 62.3 Å². The van der Waals surface area contributed by atoms with E-state index in [-0.39, 0.29) is 22.2 Å². The molecular formula is C22H29N2O. The molecule has 0 saturated heterocycles. The van der Waals surface area contributed by atoms with Crippen LogP contribution in [-0.4, -0.2) is 0 Å². The third kappa shape index (κ3) is 4.43. The number of benzene rings is 1. The lowest BCUT2D eigenvalue weighted by Crippen LogP contribution is -2.19. The fourth-order valence-electron chi connectivity index (χ4n) is 2.98. The summed E-state index contributed by atoms with van der Waals surface area (Å²) in [5.74, 6) is 0.0486. The van der Waals surface area contributed by atoms with Crippen molar-refractivity contribution in [2.45, 2.75) is 73.1 Å². The van der Waals surface area contributed by atoms with Gasteiger partial charge >= 0.3 is 0 Å². The summed E-state index contributed by atoms with van der Waals surface area (Å²) in [6.07, 6.45) is 0. The fraction of sp³-hybridized carbons (Fsp3) is 0.545. The zero-order chi connectivity index (χ0) is 19.8. The highest BCUT2D eigenvalue weighted by Crippen LogP contribution is 2.44. The Morgan fingerprint density at radius 3 is 1.40 bits per heavy atom. The van der Waals surface area contributed by atoms with E-state index in [1.54, 1.807) is 0 Å². The van der Waals surface area contributed by atoms with Crippen molar-refractivity contribution < 1.29 is 5.11 Å². The van der Waals surface area contributed by atoms with Gasteiger partial charge in [-0.25, -0.2) is 0 Å². The molecule has 1 radical (unpaired) electrons. The summed E-state index contributed by atoms with van der Waals surface area (Å²) in [5, 5.41) is 31.9. The number of nitrogens with zero attached hydrogens (tertiary/aromatic N) is 2. The molecule has 3 nitrogen and oxygen atoms in total. The van der Waals surface area contributed by atoms with Gasteiger partial charge in [0.05, 0.1) is 0 Å². The van der Waals surface area contributed by atoms with Crippen molar-refractivity contribution >= 4 is 5.57 Å². The summed E-state index contributed by atoms with van der Waals surface area (Å²) in [6, 6.07) is 7.79. The quantitative estimate of drug-likeness (QED) is 0.566. The van der Waals surface area contributed by atoms with Crippen LogP contribution in [0.3, 0.4) is 0 Å². The molecule has 1 aromatic carbocycles. The summed E-state index contributed by atoms with van der Waals surface area (Å²) in [5.41, 5.74) is 1.97. The van der Waals surface area contributed by atoms with Gasteiger partial charge in [0, 0.05) is 11.1 Å². The molecule has 0 N–H and O–H groups in total. The van der Waals surface area contributed by atoms with Gasteiger partial charge in [0.2, 0.25) is 0 Å². The number of allylic oxidation sites excluding steroid dienone is 2. The van der Waals surface area contributed by atoms with E-state index in [9.17, 15) is 15.6 Å². The van der Waals surface area contributed by atoms with E-state index >= 15 is 0 Å². The summed E-state index contributed by atoms with van der Waals surface area (Å²) in [6.45, 7) is 18.0. The molecule has 0 heterocycles. The number of rotatable bonds is 1. The van der Waals surface area contributed by atoms with Crippen molar-refractivity contribution in [3.05, 3.63) is 34.4 Å². The van der Waals surface area contributed by atoms with Gasteiger partial charge in [-0.15, -0.1) is 0 Å². The molecule has 3 heteroatoms. The van der Waals surface area contributed by atoms with Crippen LogP contribution in [0.4, 0.5) is 0 Å². The molecule has 0 amide bonds. The first-order chi connectivity index (χ1) is 11.1. The molecule has 0 aliphatic carbocycles. The molecular weight excluding hydrogens is 308 g/mol. The zero-order valence-corrected chi connectivity index (χ0v) is 17.0. The van der Waals surface area contributed by atoms with Crippen LogP contribution >= 0.6 is 0 Å². The Bertz CT molecular complexity index is 729. The number of hydrogen-bond donors (Lipinski definition) is 0. The van der Waals surface area contributed by atoms with Gasteiger partial charge in [-0.2, -0.15) is 10.5 Å². The highest BCUT2D eigenvalue weighted by molar-refractivity contribution is 5.80. The predicted molar refractivity (Wildman–Crippen MR) is 102 cm³/mol. The van der Waals surface area contributed by atoms with Gasteiger partial charge < -0.3 is 0 Å². The van der Waals surface area contributed by atoms with Crippen LogP contribution in [0.15, 0.2) is 17.7 Å². The normalized spacial score (nSPS) is 12.3. The molecule has 0 bridgehead atoms. The van der Waals surface area contributed by atoms with E-state index in [4.69, 9.17) is 0 Å². The highest BCUT2D eigenvalue weighted by atomic mass is 16.3. The maximum atomic E-state index is 13.0. The SMILES string of the molecule is CC(C)(C)C(=C(C#N)C#N)c1cc(C(C)(C)C)c([O])c(C(C)(C)C)c1. The Balaban J connectivity index is 4.04. The smallest absolute Gasteiger partial charge is 0.186 e. The Morgan fingerprint density at radius 2 is 1.16 bits per heavy atom. The minimum Gasteiger partial charge on any atom is -0.289 e. The van der Waals surface area contributed by atoms with Crippen LogP contribution in [-0.2, 0) is 15.9 Å². The van der Waals surface area contributed by atoms with E-state index in [0.29, 0.717) is 16.7 Å². The maximum absolute atomic E-state index is 13.0. The summed E-state index contributed by atoms with van der Waals surface area (Å²) < 4.78 is 0. The Morgan fingerprint density at radius 1 is 0.800 bits per heavy atom. The first kappa shape index (κ1) is 20.8. The van der Waals surface area contributed by atoms with Crippen molar-refractivity contribution in [2.75, 3.05) is 0 Å². The van der Waals surface area contributed by atoms with E-state index < -0.39 is 5.41 Å². The molecule has 0 aromatic heterocycles. The summed E-state index contributed by atoms with van der Waals surface area (Å²) in [7, 11) is 0. The molecule has 133 valence electrons. The molecule has 0 fully saturated rings. The molecule has 0 aliphatic heterocycles.